The van der Waals surface area contributed by atoms with E-state index in [1.54, 1.807) is 21.3 Å². The molecule has 3 rings (SSSR count). The van der Waals surface area contributed by atoms with Crippen LogP contribution in [0, 0.1) is 0 Å². The fraction of sp³-hybridized carbons (Fsp3) is 0.381. The van der Waals surface area contributed by atoms with Gasteiger partial charge in [0.1, 0.15) is 5.75 Å². The van der Waals surface area contributed by atoms with E-state index in [-0.39, 0.29) is 12.1 Å². The number of carbonyl (C=O) groups is 1. The van der Waals surface area contributed by atoms with Crippen molar-refractivity contribution in [1.82, 2.24) is 10.6 Å². The average molecular weight is 370 g/mol. The maximum atomic E-state index is 12.3. The predicted molar refractivity (Wildman–Crippen MR) is 104 cm³/mol. The molecule has 2 aromatic carbocycles. The molecule has 27 heavy (non-hydrogen) atoms. The third-order valence-corrected chi connectivity index (χ3v) is 4.89. The number of urea groups is 1. The minimum Gasteiger partial charge on any atom is -0.497 e. The molecule has 0 aliphatic heterocycles. The van der Waals surface area contributed by atoms with Crippen LogP contribution in [-0.2, 0) is 12.8 Å². The summed E-state index contributed by atoms with van der Waals surface area (Å²) in [5, 5.41) is 5.99. The van der Waals surface area contributed by atoms with E-state index in [9.17, 15) is 4.79 Å². The summed E-state index contributed by atoms with van der Waals surface area (Å²) in [7, 11) is 4.90. The second kappa shape index (κ2) is 8.66. The summed E-state index contributed by atoms with van der Waals surface area (Å²) < 4.78 is 15.9. The number of carbonyl (C=O) groups excluding carboxylic acids is 1. The van der Waals surface area contributed by atoms with E-state index in [0.717, 1.165) is 41.9 Å². The van der Waals surface area contributed by atoms with Gasteiger partial charge < -0.3 is 24.8 Å². The van der Waals surface area contributed by atoms with E-state index in [1.807, 2.05) is 36.4 Å². The first-order valence-electron chi connectivity index (χ1n) is 9.06. The summed E-state index contributed by atoms with van der Waals surface area (Å²) in [5.74, 6) is 2.24. The maximum Gasteiger partial charge on any atom is 0.315 e. The van der Waals surface area contributed by atoms with Gasteiger partial charge in [0, 0.05) is 6.54 Å². The van der Waals surface area contributed by atoms with Gasteiger partial charge in [0.15, 0.2) is 11.5 Å². The Morgan fingerprint density at radius 1 is 1.04 bits per heavy atom. The first-order valence-corrected chi connectivity index (χ1v) is 9.06. The normalized spacial score (nSPS) is 15.0. The summed E-state index contributed by atoms with van der Waals surface area (Å²) in [6.07, 6.45) is 2.55. The third-order valence-electron chi connectivity index (χ3n) is 4.89. The molecule has 6 heteroatoms. The highest BCUT2D eigenvalue weighted by molar-refractivity contribution is 5.74. The number of ether oxygens (including phenoxy) is 3. The van der Waals surface area contributed by atoms with E-state index >= 15 is 0 Å². The van der Waals surface area contributed by atoms with E-state index in [2.05, 4.69) is 10.6 Å². The molecule has 0 fully saturated rings. The second-order valence-corrected chi connectivity index (χ2v) is 6.50. The number of aryl methyl sites for hydroxylation is 1. The molecule has 0 spiro atoms. The van der Waals surface area contributed by atoms with E-state index in [0.29, 0.717) is 12.3 Å². The lowest BCUT2D eigenvalue weighted by molar-refractivity contribution is 0.237. The topological polar surface area (TPSA) is 68.8 Å². The monoisotopic (exact) mass is 370 g/mol. The van der Waals surface area contributed by atoms with Gasteiger partial charge in [0.25, 0.3) is 0 Å². The van der Waals surface area contributed by atoms with Crippen molar-refractivity contribution in [3.05, 3.63) is 53.1 Å². The van der Waals surface area contributed by atoms with Crippen molar-refractivity contribution in [3.8, 4) is 17.2 Å². The van der Waals surface area contributed by atoms with Gasteiger partial charge in [-0.2, -0.15) is 0 Å². The Kier molecular flexibility index (Phi) is 6.06. The number of nitrogens with one attached hydrogen (secondary N) is 2. The molecule has 1 aliphatic rings. The van der Waals surface area contributed by atoms with Crippen LogP contribution in [0.5, 0.6) is 17.2 Å². The lowest BCUT2D eigenvalue weighted by Gasteiger charge is -2.17. The molecule has 2 N–H and O–H groups in total. The number of amides is 2. The summed E-state index contributed by atoms with van der Waals surface area (Å²) in [6, 6.07) is 11.6. The lowest BCUT2D eigenvalue weighted by atomic mass is 10.1. The fourth-order valence-electron chi connectivity index (χ4n) is 3.40. The molecule has 0 radical (unpaired) electrons. The van der Waals surface area contributed by atoms with Crippen molar-refractivity contribution in [2.45, 2.75) is 25.3 Å². The minimum absolute atomic E-state index is 0.0132. The quantitative estimate of drug-likeness (QED) is 0.785. The zero-order chi connectivity index (χ0) is 19.2. The van der Waals surface area contributed by atoms with Crippen molar-refractivity contribution in [2.75, 3.05) is 27.9 Å². The van der Waals surface area contributed by atoms with E-state index in [1.165, 1.54) is 5.56 Å². The highest BCUT2D eigenvalue weighted by atomic mass is 16.5. The molecule has 0 saturated heterocycles. The van der Waals surface area contributed by atoms with Gasteiger partial charge in [-0.3, -0.25) is 0 Å². The molecule has 0 bridgehead atoms. The van der Waals surface area contributed by atoms with Crippen molar-refractivity contribution in [1.29, 1.82) is 0 Å². The zero-order valence-electron chi connectivity index (χ0n) is 16.0. The summed E-state index contributed by atoms with van der Waals surface area (Å²) >= 11 is 0. The van der Waals surface area contributed by atoms with Crippen LogP contribution in [0.15, 0.2) is 36.4 Å². The molecule has 2 aromatic rings. The van der Waals surface area contributed by atoms with E-state index < -0.39 is 0 Å². The number of hydrogen-bond acceptors (Lipinski definition) is 4. The molecule has 2 amide bonds. The van der Waals surface area contributed by atoms with Gasteiger partial charge in [0.05, 0.1) is 27.4 Å². The first-order chi connectivity index (χ1) is 13.1. The Morgan fingerprint density at radius 2 is 1.74 bits per heavy atom. The maximum absolute atomic E-state index is 12.3. The van der Waals surface area contributed by atoms with Gasteiger partial charge in [-0.05, 0) is 60.2 Å². The molecule has 0 saturated carbocycles. The van der Waals surface area contributed by atoms with Crippen LogP contribution in [0.2, 0.25) is 0 Å². The van der Waals surface area contributed by atoms with Crippen molar-refractivity contribution in [3.63, 3.8) is 0 Å². The van der Waals surface area contributed by atoms with Crippen LogP contribution in [0.3, 0.4) is 0 Å². The fourth-order valence-corrected chi connectivity index (χ4v) is 3.40. The number of benzene rings is 2. The van der Waals surface area contributed by atoms with Crippen molar-refractivity contribution < 1.29 is 19.0 Å². The predicted octanol–water partition coefficient (Wildman–Crippen LogP) is 3.24. The van der Waals surface area contributed by atoms with Gasteiger partial charge in [-0.1, -0.05) is 12.1 Å². The molecule has 1 atom stereocenters. The summed E-state index contributed by atoms with van der Waals surface area (Å²) in [5.41, 5.74) is 3.44. The van der Waals surface area contributed by atoms with Crippen LogP contribution >= 0.6 is 0 Å². The van der Waals surface area contributed by atoms with Gasteiger partial charge >= 0.3 is 6.03 Å². The van der Waals surface area contributed by atoms with Gasteiger partial charge in [-0.15, -0.1) is 0 Å². The lowest BCUT2D eigenvalue weighted by Crippen LogP contribution is -2.38. The zero-order valence-corrected chi connectivity index (χ0v) is 16.0. The molecular formula is C21H26N2O4. The van der Waals surface area contributed by atoms with Crippen LogP contribution in [-0.4, -0.2) is 33.9 Å². The highest BCUT2D eigenvalue weighted by Gasteiger charge is 2.26. The molecule has 0 aromatic heterocycles. The van der Waals surface area contributed by atoms with Gasteiger partial charge in [-0.25, -0.2) is 4.79 Å². The van der Waals surface area contributed by atoms with Crippen LogP contribution in [0.4, 0.5) is 4.79 Å². The Bertz CT molecular complexity index is 790. The van der Waals surface area contributed by atoms with Gasteiger partial charge in [0.2, 0.25) is 0 Å². The molecule has 1 aliphatic carbocycles. The third kappa shape index (κ3) is 4.45. The molecule has 6 nitrogen and oxygen atoms in total. The number of fused-ring (bicyclic) bond motifs is 1. The highest BCUT2D eigenvalue weighted by Crippen LogP contribution is 2.39. The van der Waals surface area contributed by atoms with Crippen LogP contribution in [0.25, 0.3) is 0 Å². The minimum atomic E-state index is -0.156. The molecule has 1 unspecified atom stereocenters. The van der Waals surface area contributed by atoms with Crippen LogP contribution in [0.1, 0.15) is 29.2 Å². The Morgan fingerprint density at radius 3 is 2.41 bits per heavy atom. The largest absolute Gasteiger partial charge is 0.497 e. The Hall–Kier alpha value is -2.89. The molecule has 0 heterocycles. The second-order valence-electron chi connectivity index (χ2n) is 6.50. The smallest absolute Gasteiger partial charge is 0.315 e. The van der Waals surface area contributed by atoms with Crippen molar-refractivity contribution in [2.24, 2.45) is 0 Å². The molecule has 144 valence electrons. The Balaban J connectivity index is 1.53. The standard InChI is InChI=1S/C21H26N2O4/c1-25-16-7-4-14(5-8-16)10-11-22-21(24)23-18-9-6-15-12-19(26-2)20(27-3)13-17(15)18/h4-5,7-8,12-13,18H,6,9-11H2,1-3H3,(H2,22,23,24). The Labute approximate surface area is 159 Å². The van der Waals surface area contributed by atoms with Crippen molar-refractivity contribution >= 4 is 6.03 Å². The number of methoxy groups -OCH3 is 3. The SMILES string of the molecule is COc1ccc(CCNC(=O)NC2CCc3cc(OC)c(OC)cc32)cc1. The average Bonchev–Trinajstić information content (AvgIpc) is 3.08. The van der Waals surface area contributed by atoms with Crippen LogP contribution < -0.4 is 24.8 Å². The number of rotatable bonds is 7. The van der Waals surface area contributed by atoms with E-state index in [4.69, 9.17) is 14.2 Å². The number of hydrogen-bond donors (Lipinski definition) is 2. The summed E-state index contributed by atoms with van der Waals surface area (Å²) in [6.45, 7) is 0.573. The first kappa shape index (κ1) is 18.9. The summed E-state index contributed by atoms with van der Waals surface area (Å²) in [4.78, 5) is 12.3. The molecular weight excluding hydrogens is 344 g/mol.